The van der Waals surface area contributed by atoms with Crippen molar-refractivity contribution in [3.8, 4) is 5.69 Å². The molecule has 21 heavy (non-hydrogen) atoms. The third-order valence-electron chi connectivity index (χ3n) is 3.01. The van der Waals surface area contributed by atoms with Crippen molar-refractivity contribution in [3.63, 3.8) is 0 Å². The number of halogens is 4. The van der Waals surface area contributed by atoms with Crippen LogP contribution in [0.25, 0.3) is 16.9 Å². The van der Waals surface area contributed by atoms with Crippen LogP contribution in [0, 0.1) is 0 Å². The quantitative estimate of drug-likeness (QED) is 0.505. The fourth-order valence-electron chi connectivity index (χ4n) is 2.10. The van der Waals surface area contributed by atoms with Gasteiger partial charge in [-0.2, -0.15) is 0 Å². The number of hydrogen-bond donors (Lipinski definition) is 0. The second kappa shape index (κ2) is 5.76. The highest BCUT2D eigenvalue weighted by atomic mass is 79.9. The third-order valence-corrected chi connectivity index (χ3v) is 4.64. The predicted octanol–water partition coefficient (Wildman–Crippen LogP) is 5.79. The molecular weight excluding hydrogens is 396 g/mol. The lowest BCUT2D eigenvalue weighted by Gasteiger charge is -2.10. The van der Waals surface area contributed by atoms with E-state index in [4.69, 9.17) is 34.8 Å². The van der Waals surface area contributed by atoms with Gasteiger partial charge in [-0.3, -0.25) is 4.57 Å². The standard InChI is InChI=1S/C14H9BrCl3N3/c1-7(16)13-20-12-4-8(17)6-19-14(12)21(13)9-2-3-10(15)11(18)5-9/h2-7H,1H3. The lowest BCUT2D eigenvalue weighted by Crippen LogP contribution is -2.02. The summed E-state index contributed by atoms with van der Waals surface area (Å²) in [5.74, 6) is 0.694. The number of pyridine rings is 1. The zero-order valence-corrected chi connectivity index (χ0v) is 14.7. The lowest BCUT2D eigenvalue weighted by molar-refractivity contribution is 0.877. The Balaban J connectivity index is 2.33. The van der Waals surface area contributed by atoms with E-state index in [1.165, 1.54) is 0 Å². The van der Waals surface area contributed by atoms with E-state index in [9.17, 15) is 0 Å². The molecule has 3 aromatic rings. The summed E-state index contributed by atoms with van der Waals surface area (Å²) < 4.78 is 2.72. The van der Waals surface area contributed by atoms with E-state index in [2.05, 4.69) is 25.9 Å². The Kier molecular flexibility index (Phi) is 4.14. The molecule has 3 rings (SSSR count). The first-order valence-electron chi connectivity index (χ1n) is 6.11. The molecule has 0 saturated heterocycles. The van der Waals surface area contributed by atoms with Gasteiger partial charge in [0.1, 0.15) is 11.3 Å². The molecular formula is C14H9BrCl3N3. The molecule has 1 aromatic carbocycles. The normalized spacial score (nSPS) is 12.8. The number of nitrogens with zero attached hydrogens (tertiary/aromatic N) is 3. The Bertz CT molecular complexity index is 830. The molecule has 0 radical (unpaired) electrons. The van der Waals surface area contributed by atoms with E-state index in [0.29, 0.717) is 27.0 Å². The molecule has 7 heteroatoms. The largest absolute Gasteiger partial charge is 0.279 e. The van der Waals surface area contributed by atoms with Gasteiger partial charge in [-0.15, -0.1) is 11.6 Å². The van der Waals surface area contributed by atoms with Gasteiger partial charge in [0.15, 0.2) is 5.65 Å². The Morgan fingerprint density at radius 1 is 1.24 bits per heavy atom. The highest BCUT2D eigenvalue weighted by Gasteiger charge is 2.18. The smallest absolute Gasteiger partial charge is 0.164 e. The van der Waals surface area contributed by atoms with Gasteiger partial charge in [-0.05, 0) is 47.1 Å². The molecule has 3 nitrogen and oxygen atoms in total. The van der Waals surface area contributed by atoms with Crippen molar-refractivity contribution < 1.29 is 0 Å². The molecule has 1 unspecified atom stereocenters. The van der Waals surface area contributed by atoms with E-state index in [1.807, 2.05) is 29.7 Å². The minimum atomic E-state index is -0.277. The monoisotopic (exact) mass is 403 g/mol. The van der Waals surface area contributed by atoms with Crippen LogP contribution >= 0.6 is 50.7 Å². The van der Waals surface area contributed by atoms with Crippen LogP contribution in [-0.4, -0.2) is 14.5 Å². The molecule has 1 atom stereocenters. The van der Waals surface area contributed by atoms with Gasteiger partial charge in [0.05, 0.1) is 21.1 Å². The van der Waals surface area contributed by atoms with Crippen molar-refractivity contribution >= 4 is 61.9 Å². The Morgan fingerprint density at radius 3 is 2.67 bits per heavy atom. The molecule has 108 valence electrons. The van der Waals surface area contributed by atoms with Gasteiger partial charge in [-0.1, -0.05) is 23.2 Å². The van der Waals surface area contributed by atoms with Crippen LogP contribution < -0.4 is 0 Å². The second-order valence-electron chi connectivity index (χ2n) is 4.52. The molecule has 0 N–H and O–H groups in total. The molecule has 0 aliphatic heterocycles. The Morgan fingerprint density at radius 2 is 2.00 bits per heavy atom. The highest BCUT2D eigenvalue weighted by molar-refractivity contribution is 9.10. The predicted molar refractivity (Wildman–Crippen MR) is 90.9 cm³/mol. The summed E-state index contributed by atoms with van der Waals surface area (Å²) in [6, 6.07) is 7.41. The maximum atomic E-state index is 6.25. The van der Waals surface area contributed by atoms with Gasteiger partial charge in [-0.25, -0.2) is 9.97 Å². The van der Waals surface area contributed by atoms with Gasteiger partial charge in [0.25, 0.3) is 0 Å². The zero-order chi connectivity index (χ0) is 15.1. The maximum Gasteiger partial charge on any atom is 0.164 e. The lowest BCUT2D eigenvalue weighted by atomic mass is 10.3. The van der Waals surface area contributed by atoms with Crippen LogP contribution in [0.4, 0.5) is 0 Å². The van der Waals surface area contributed by atoms with Crippen molar-refractivity contribution in [1.82, 2.24) is 14.5 Å². The molecule has 2 heterocycles. The number of benzene rings is 1. The number of imidazole rings is 1. The summed E-state index contributed by atoms with van der Waals surface area (Å²) in [6.45, 7) is 1.86. The van der Waals surface area contributed by atoms with E-state index in [-0.39, 0.29) is 5.38 Å². The average Bonchev–Trinajstić information content (AvgIpc) is 2.80. The SMILES string of the molecule is CC(Cl)c1nc2cc(Cl)cnc2n1-c1ccc(Br)c(Cl)c1. The summed E-state index contributed by atoms with van der Waals surface area (Å²) in [5, 5.41) is 0.867. The first kappa shape index (κ1) is 15.1. The topological polar surface area (TPSA) is 30.7 Å². The minimum absolute atomic E-state index is 0.277. The fraction of sp³-hybridized carbons (Fsp3) is 0.143. The van der Waals surface area contributed by atoms with E-state index in [0.717, 1.165) is 10.2 Å². The van der Waals surface area contributed by atoms with Crippen LogP contribution in [0.15, 0.2) is 34.9 Å². The number of hydrogen-bond acceptors (Lipinski definition) is 2. The third kappa shape index (κ3) is 2.78. The second-order valence-corrected chi connectivity index (χ2v) is 6.87. The van der Waals surface area contributed by atoms with Gasteiger partial charge in [0.2, 0.25) is 0 Å². The van der Waals surface area contributed by atoms with Gasteiger partial charge < -0.3 is 0 Å². The molecule has 2 aromatic heterocycles. The summed E-state index contributed by atoms with van der Waals surface area (Å²) in [4.78, 5) is 8.90. The van der Waals surface area contributed by atoms with Crippen LogP contribution in [0.5, 0.6) is 0 Å². The summed E-state index contributed by atoms with van der Waals surface area (Å²) in [7, 11) is 0. The molecule has 0 saturated carbocycles. The fourth-order valence-corrected chi connectivity index (χ4v) is 2.82. The van der Waals surface area contributed by atoms with Crippen LogP contribution in [0.1, 0.15) is 18.1 Å². The van der Waals surface area contributed by atoms with E-state index < -0.39 is 0 Å². The highest BCUT2D eigenvalue weighted by Crippen LogP contribution is 2.31. The molecule has 0 aliphatic rings. The minimum Gasteiger partial charge on any atom is -0.279 e. The van der Waals surface area contributed by atoms with Crippen molar-refractivity contribution in [2.24, 2.45) is 0 Å². The maximum absolute atomic E-state index is 6.25. The molecule has 0 fully saturated rings. The average molecular weight is 406 g/mol. The Labute approximate surface area is 145 Å². The Hall–Kier alpha value is -0.810. The van der Waals surface area contributed by atoms with Crippen LogP contribution in [-0.2, 0) is 0 Å². The number of rotatable bonds is 2. The number of alkyl halides is 1. The molecule has 0 amide bonds. The summed E-state index contributed by atoms with van der Waals surface area (Å²) >= 11 is 21.8. The summed E-state index contributed by atoms with van der Waals surface area (Å²) in [6.07, 6.45) is 1.59. The van der Waals surface area contributed by atoms with Gasteiger partial charge >= 0.3 is 0 Å². The van der Waals surface area contributed by atoms with Crippen molar-refractivity contribution in [1.29, 1.82) is 0 Å². The first-order chi connectivity index (χ1) is 9.97. The van der Waals surface area contributed by atoms with Crippen molar-refractivity contribution in [3.05, 3.63) is 50.8 Å². The van der Waals surface area contributed by atoms with Crippen molar-refractivity contribution in [2.75, 3.05) is 0 Å². The van der Waals surface area contributed by atoms with Crippen molar-refractivity contribution in [2.45, 2.75) is 12.3 Å². The number of aromatic nitrogens is 3. The van der Waals surface area contributed by atoms with E-state index in [1.54, 1.807) is 12.3 Å². The number of fused-ring (bicyclic) bond motifs is 1. The molecule has 0 spiro atoms. The van der Waals surface area contributed by atoms with Crippen LogP contribution in [0.2, 0.25) is 10.0 Å². The molecule has 0 bridgehead atoms. The van der Waals surface area contributed by atoms with E-state index >= 15 is 0 Å². The van der Waals surface area contributed by atoms with Gasteiger partial charge in [0, 0.05) is 10.7 Å². The van der Waals surface area contributed by atoms with Crippen LogP contribution in [0.3, 0.4) is 0 Å². The first-order valence-corrected chi connectivity index (χ1v) is 8.09. The zero-order valence-electron chi connectivity index (χ0n) is 10.8. The summed E-state index contributed by atoms with van der Waals surface area (Å²) in [5.41, 5.74) is 2.24. The molecule has 0 aliphatic carbocycles.